The maximum absolute atomic E-state index is 13.6. The molecular weight excluding hydrogens is 299 g/mol. The Bertz CT molecular complexity index is 604. The summed E-state index contributed by atoms with van der Waals surface area (Å²) in [6.45, 7) is 0.471. The number of nitrogens with two attached hydrogens (primary N) is 1. The molecule has 0 saturated heterocycles. The Morgan fingerprint density at radius 2 is 2.14 bits per heavy atom. The summed E-state index contributed by atoms with van der Waals surface area (Å²) in [7, 11) is -1.94. The summed E-state index contributed by atoms with van der Waals surface area (Å²) in [5.41, 5.74) is 5.47. The van der Waals surface area contributed by atoms with Gasteiger partial charge in [0.1, 0.15) is 5.82 Å². The summed E-state index contributed by atoms with van der Waals surface area (Å²) >= 11 is 0. The normalized spacial score (nSPS) is 13.0. The lowest BCUT2D eigenvalue weighted by molar-refractivity contribution is -0.117. The molecule has 0 aromatic heterocycles. The molecular formula is C13H19FN2O4S. The summed E-state index contributed by atoms with van der Waals surface area (Å²) in [6, 6.07) is 2.38. The van der Waals surface area contributed by atoms with Crippen LogP contribution < -0.4 is 11.1 Å². The van der Waals surface area contributed by atoms with Gasteiger partial charge in [0.25, 0.3) is 0 Å². The van der Waals surface area contributed by atoms with Crippen molar-refractivity contribution in [2.24, 2.45) is 5.73 Å². The van der Waals surface area contributed by atoms with Crippen molar-refractivity contribution in [1.29, 1.82) is 0 Å². The second-order valence-electron chi connectivity index (χ2n) is 4.64. The van der Waals surface area contributed by atoms with Crippen LogP contribution in [0.25, 0.3) is 0 Å². The van der Waals surface area contributed by atoms with Crippen molar-refractivity contribution in [3.05, 3.63) is 24.0 Å². The predicted molar refractivity (Wildman–Crippen MR) is 77.2 cm³/mol. The molecule has 21 heavy (non-hydrogen) atoms. The Kier molecular flexibility index (Phi) is 6.25. The number of ether oxygens (including phenoxy) is 1. The van der Waals surface area contributed by atoms with Crippen LogP contribution in [-0.2, 0) is 19.4 Å². The van der Waals surface area contributed by atoms with Crippen molar-refractivity contribution in [1.82, 2.24) is 0 Å². The molecule has 1 aromatic rings. The fourth-order valence-electron chi connectivity index (χ4n) is 1.63. The van der Waals surface area contributed by atoms with E-state index in [0.717, 1.165) is 24.5 Å². The molecule has 0 aliphatic carbocycles. The third kappa shape index (κ3) is 5.41. The Balaban J connectivity index is 2.80. The summed E-state index contributed by atoms with van der Waals surface area (Å²) in [6.07, 6.45) is 1.98. The van der Waals surface area contributed by atoms with E-state index in [1.54, 1.807) is 0 Å². The van der Waals surface area contributed by atoms with Gasteiger partial charge in [-0.05, 0) is 31.0 Å². The van der Waals surface area contributed by atoms with Gasteiger partial charge in [-0.15, -0.1) is 0 Å². The summed E-state index contributed by atoms with van der Waals surface area (Å²) in [5.74, 6) is -1.30. The number of benzene rings is 1. The molecule has 1 unspecified atom stereocenters. The van der Waals surface area contributed by atoms with Crippen molar-refractivity contribution in [2.45, 2.75) is 23.8 Å². The SMILES string of the molecule is COCCCC(N)C(=O)Nc1cc(S(C)(=O)=O)ccc1F. The lowest BCUT2D eigenvalue weighted by Gasteiger charge is -2.13. The topological polar surface area (TPSA) is 98.5 Å². The largest absolute Gasteiger partial charge is 0.385 e. The highest BCUT2D eigenvalue weighted by Crippen LogP contribution is 2.19. The Hall–Kier alpha value is -1.51. The molecule has 0 aliphatic heterocycles. The Labute approximate surface area is 123 Å². The first-order valence-corrected chi connectivity index (χ1v) is 8.20. The number of rotatable bonds is 7. The maximum atomic E-state index is 13.6. The fraction of sp³-hybridized carbons (Fsp3) is 0.462. The minimum Gasteiger partial charge on any atom is -0.385 e. The average Bonchev–Trinajstić information content (AvgIpc) is 2.40. The zero-order chi connectivity index (χ0) is 16.0. The quantitative estimate of drug-likeness (QED) is 0.575. The summed E-state index contributed by atoms with van der Waals surface area (Å²) < 4.78 is 41.3. The van der Waals surface area contributed by atoms with Gasteiger partial charge >= 0.3 is 0 Å². The zero-order valence-corrected chi connectivity index (χ0v) is 12.7. The number of carbonyl (C=O) groups is 1. The van der Waals surface area contributed by atoms with Gasteiger partial charge in [0.15, 0.2) is 9.84 Å². The highest BCUT2D eigenvalue weighted by molar-refractivity contribution is 7.90. The molecule has 118 valence electrons. The minimum atomic E-state index is -3.48. The third-order valence-corrected chi connectivity index (χ3v) is 3.93. The van der Waals surface area contributed by atoms with Gasteiger partial charge in [-0.25, -0.2) is 12.8 Å². The number of amides is 1. The van der Waals surface area contributed by atoms with Crippen LogP contribution in [0.3, 0.4) is 0 Å². The van der Waals surface area contributed by atoms with Gasteiger partial charge in [-0.3, -0.25) is 4.79 Å². The fourth-order valence-corrected chi connectivity index (χ4v) is 2.28. The molecule has 0 fully saturated rings. The first kappa shape index (κ1) is 17.5. The van der Waals surface area contributed by atoms with Crippen LogP contribution in [-0.4, -0.2) is 40.3 Å². The van der Waals surface area contributed by atoms with E-state index in [9.17, 15) is 17.6 Å². The van der Waals surface area contributed by atoms with Crippen molar-refractivity contribution < 1.29 is 22.3 Å². The second kappa shape index (κ2) is 7.48. The average molecular weight is 318 g/mol. The number of carbonyl (C=O) groups excluding carboxylic acids is 1. The number of halogens is 1. The monoisotopic (exact) mass is 318 g/mol. The number of methoxy groups -OCH3 is 1. The molecule has 8 heteroatoms. The molecule has 1 atom stereocenters. The van der Waals surface area contributed by atoms with Crippen LogP contribution >= 0.6 is 0 Å². The molecule has 3 N–H and O–H groups in total. The molecule has 0 spiro atoms. The van der Waals surface area contributed by atoms with Gasteiger partial charge in [0.2, 0.25) is 5.91 Å². The third-order valence-electron chi connectivity index (χ3n) is 2.82. The van der Waals surface area contributed by atoms with Crippen LogP contribution in [0.15, 0.2) is 23.1 Å². The van der Waals surface area contributed by atoms with E-state index in [1.165, 1.54) is 7.11 Å². The van der Waals surface area contributed by atoms with Crippen molar-refractivity contribution in [3.8, 4) is 0 Å². The van der Waals surface area contributed by atoms with E-state index in [-0.39, 0.29) is 10.6 Å². The predicted octanol–water partition coefficient (Wildman–Crippen LogP) is 0.922. The van der Waals surface area contributed by atoms with Crippen LogP contribution in [0.2, 0.25) is 0 Å². The summed E-state index contributed by atoms with van der Waals surface area (Å²) in [5, 5.41) is 2.31. The number of anilines is 1. The number of hydrogen-bond acceptors (Lipinski definition) is 5. The lowest BCUT2D eigenvalue weighted by Crippen LogP contribution is -2.36. The van der Waals surface area contributed by atoms with Gasteiger partial charge in [0.05, 0.1) is 16.6 Å². The molecule has 0 aliphatic rings. The number of nitrogens with one attached hydrogen (secondary N) is 1. The Morgan fingerprint density at radius 1 is 1.48 bits per heavy atom. The smallest absolute Gasteiger partial charge is 0.241 e. The van der Waals surface area contributed by atoms with Crippen LogP contribution in [0.4, 0.5) is 10.1 Å². The first-order valence-electron chi connectivity index (χ1n) is 6.30. The van der Waals surface area contributed by atoms with E-state index in [1.807, 2.05) is 0 Å². The molecule has 0 saturated carbocycles. The standard InChI is InChI=1S/C13H19FN2O4S/c1-20-7-3-4-11(15)13(17)16-12-8-9(21(2,18)19)5-6-10(12)14/h5-6,8,11H,3-4,7,15H2,1-2H3,(H,16,17). The van der Waals surface area contributed by atoms with Gasteiger partial charge in [-0.2, -0.15) is 0 Å². The van der Waals surface area contributed by atoms with Gasteiger partial charge < -0.3 is 15.8 Å². The highest BCUT2D eigenvalue weighted by Gasteiger charge is 2.17. The zero-order valence-electron chi connectivity index (χ0n) is 11.9. The molecule has 1 amide bonds. The summed E-state index contributed by atoms with van der Waals surface area (Å²) in [4.78, 5) is 11.8. The maximum Gasteiger partial charge on any atom is 0.241 e. The van der Waals surface area contributed by atoms with Gasteiger partial charge in [-0.1, -0.05) is 0 Å². The van der Waals surface area contributed by atoms with E-state index in [4.69, 9.17) is 10.5 Å². The van der Waals surface area contributed by atoms with E-state index < -0.39 is 27.6 Å². The lowest BCUT2D eigenvalue weighted by atomic mass is 10.1. The first-order chi connectivity index (χ1) is 9.75. The van der Waals surface area contributed by atoms with E-state index in [0.29, 0.717) is 19.4 Å². The number of sulfone groups is 1. The molecule has 6 nitrogen and oxygen atoms in total. The Morgan fingerprint density at radius 3 is 2.71 bits per heavy atom. The molecule has 1 rings (SSSR count). The van der Waals surface area contributed by atoms with E-state index >= 15 is 0 Å². The van der Waals surface area contributed by atoms with Crippen molar-refractivity contribution in [2.75, 3.05) is 25.3 Å². The molecule has 1 aromatic carbocycles. The number of hydrogen-bond donors (Lipinski definition) is 2. The van der Waals surface area contributed by atoms with Crippen LogP contribution in [0.1, 0.15) is 12.8 Å². The minimum absolute atomic E-state index is 0.0767. The highest BCUT2D eigenvalue weighted by atomic mass is 32.2. The second-order valence-corrected chi connectivity index (χ2v) is 6.66. The van der Waals surface area contributed by atoms with Crippen molar-refractivity contribution in [3.63, 3.8) is 0 Å². The van der Waals surface area contributed by atoms with Crippen LogP contribution in [0, 0.1) is 5.82 Å². The van der Waals surface area contributed by atoms with Gasteiger partial charge in [0, 0.05) is 20.0 Å². The molecule has 0 heterocycles. The molecule has 0 bridgehead atoms. The van der Waals surface area contributed by atoms with Crippen molar-refractivity contribution >= 4 is 21.4 Å². The van der Waals surface area contributed by atoms with E-state index in [2.05, 4.69) is 5.32 Å². The van der Waals surface area contributed by atoms with Crippen LogP contribution in [0.5, 0.6) is 0 Å². The molecule has 0 radical (unpaired) electrons.